The van der Waals surface area contributed by atoms with Gasteiger partial charge >= 0.3 is 6.18 Å². The Balaban J connectivity index is 1.86. The van der Waals surface area contributed by atoms with Gasteiger partial charge in [-0.3, -0.25) is 0 Å². The lowest BCUT2D eigenvalue weighted by Gasteiger charge is -2.15. The van der Waals surface area contributed by atoms with Crippen molar-refractivity contribution < 1.29 is 26.3 Å². The Bertz CT molecular complexity index is 1050. The smallest absolute Gasteiger partial charge is 0.417 e. The van der Waals surface area contributed by atoms with Crippen LogP contribution < -0.4 is 9.46 Å². The molecule has 3 rings (SSSR count). The summed E-state index contributed by atoms with van der Waals surface area (Å²) in [6, 6.07) is 6.31. The highest BCUT2D eigenvalue weighted by Crippen LogP contribution is 2.32. The Morgan fingerprint density at radius 3 is 2.67 bits per heavy atom. The first kappa shape index (κ1) is 21.9. The van der Waals surface area contributed by atoms with E-state index in [-0.39, 0.29) is 22.4 Å². The molecule has 0 aliphatic carbocycles. The van der Waals surface area contributed by atoms with Gasteiger partial charge in [-0.25, -0.2) is 18.1 Å². The van der Waals surface area contributed by atoms with Crippen LogP contribution in [-0.2, 0) is 22.6 Å². The number of aromatic nitrogens is 1. The quantitative estimate of drug-likeness (QED) is 0.694. The van der Waals surface area contributed by atoms with Crippen LogP contribution in [-0.4, -0.2) is 38.4 Å². The summed E-state index contributed by atoms with van der Waals surface area (Å²) in [7, 11) is -2.42. The van der Waals surface area contributed by atoms with Crippen LogP contribution in [0.2, 0.25) is 0 Å². The van der Waals surface area contributed by atoms with E-state index in [4.69, 9.17) is 10.00 Å². The standard InChI is InChI=1S/C19H19F3N4O3S/c1-24-30(27,28)17-4-3-16(9-14(17)8-13-6-7-26(11-13)12-23)29-18-5-2-15(10-25-18)19(20,21)22/h2-5,9-10,13,24H,6-8,11H2,1H3. The van der Waals surface area contributed by atoms with Gasteiger partial charge in [0, 0.05) is 25.4 Å². The molecule has 1 N–H and O–H groups in total. The van der Waals surface area contributed by atoms with Crippen molar-refractivity contribution in [2.45, 2.75) is 23.9 Å². The van der Waals surface area contributed by atoms with Gasteiger partial charge < -0.3 is 9.64 Å². The number of hydrogen-bond acceptors (Lipinski definition) is 6. The van der Waals surface area contributed by atoms with Crippen LogP contribution in [0.4, 0.5) is 13.2 Å². The number of alkyl halides is 3. The van der Waals surface area contributed by atoms with Crippen molar-refractivity contribution in [1.29, 1.82) is 5.26 Å². The largest absolute Gasteiger partial charge is 0.439 e. The molecule has 160 valence electrons. The number of pyridine rings is 1. The van der Waals surface area contributed by atoms with Gasteiger partial charge in [-0.2, -0.15) is 18.4 Å². The maximum Gasteiger partial charge on any atom is 0.417 e. The van der Waals surface area contributed by atoms with Crippen LogP contribution in [0.5, 0.6) is 11.6 Å². The number of nitrogens with one attached hydrogen (secondary N) is 1. The predicted molar refractivity (Wildman–Crippen MR) is 101 cm³/mol. The molecule has 1 aromatic carbocycles. The summed E-state index contributed by atoms with van der Waals surface area (Å²) < 4.78 is 70.6. The van der Waals surface area contributed by atoms with Crippen molar-refractivity contribution in [2.24, 2.45) is 5.92 Å². The Morgan fingerprint density at radius 2 is 2.10 bits per heavy atom. The molecule has 30 heavy (non-hydrogen) atoms. The fourth-order valence-corrected chi connectivity index (χ4v) is 4.24. The molecule has 0 amide bonds. The molecular formula is C19H19F3N4O3S. The molecule has 2 aromatic rings. The van der Waals surface area contributed by atoms with Crippen LogP contribution >= 0.6 is 0 Å². The molecule has 2 heterocycles. The van der Waals surface area contributed by atoms with Crippen molar-refractivity contribution >= 4 is 10.0 Å². The highest BCUT2D eigenvalue weighted by Gasteiger charge is 2.31. The fraction of sp³-hybridized carbons (Fsp3) is 0.368. The zero-order valence-electron chi connectivity index (χ0n) is 16.0. The lowest BCUT2D eigenvalue weighted by molar-refractivity contribution is -0.137. The Kier molecular flexibility index (Phi) is 6.19. The monoisotopic (exact) mass is 440 g/mol. The maximum absolute atomic E-state index is 12.7. The third-order valence-corrected chi connectivity index (χ3v) is 6.33. The molecule has 0 bridgehead atoms. The number of likely N-dealkylation sites (tertiary alicyclic amines) is 1. The van der Waals surface area contributed by atoms with E-state index in [1.807, 2.05) is 0 Å². The lowest BCUT2D eigenvalue weighted by Crippen LogP contribution is -2.21. The molecule has 1 atom stereocenters. The molecular weight excluding hydrogens is 421 g/mol. The van der Waals surface area contributed by atoms with Gasteiger partial charge in [0.1, 0.15) is 5.75 Å². The van der Waals surface area contributed by atoms with Crippen molar-refractivity contribution in [2.75, 3.05) is 20.1 Å². The van der Waals surface area contributed by atoms with E-state index in [0.29, 0.717) is 31.3 Å². The molecule has 1 aliphatic rings. The van der Waals surface area contributed by atoms with Crippen LogP contribution in [0.25, 0.3) is 0 Å². The van der Waals surface area contributed by atoms with Crippen molar-refractivity contribution in [3.63, 3.8) is 0 Å². The lowest BCUT2D eigenvalue weighted by atomic mass is 9.98. The Labute approximate surface area is 172 Å². The number of benzene rings is 1. The maximum atomic E-state index is 12.7. The summed E-state index contributed by atoms with van der Waals surface area (Å²) in [6.07, 6.45) is -0.586. The van der Waals surface area contributed by atoms with Crippen LogP contribution in [0.1, 0.15) is 17.5 Å². The molecule has 0 radical (unpaired) electrons. The molecule has 0 saturated carbocycles. The summed E-state index contributed by atoms with van der Waals surface area (Å²) >= 11 is 0. The average Bonchev–Trinajstić information content (AvgIpc) is 3.15. The normalized spacial score (nSPS) is 17.0. The molecule has 0 spiro atoms. The fourth-order valence-electron chi connectivity index (χ4n) is 3.28. The molecule has 1 saturated heterocycles. The molecule has 7 nitrogen and oxygen atoms in total. The molecule has 1 aromatic heterocycles. The first-order valence-corrected chi connectivity index (χ1v) is 10.5. The Hall–Kier alpha value is -2.84. The van der Waals surface area contributed by atoms with Gasteiger partial charge in [0.25, 0.3) is 0 Å². The number of nitriles is 1. The third-order valence-electron chi connectivity index (χ3n) is 4.81. The number of nitrogens with zero attached hydrogens (tertiary/aromatic N) is 3. The summed E-state index contributed by atoms with van der Waals surface area (Å²) in [5, 5.41) is 9.02. The SMILES string of the molecule is CNS(=O)(=O)c1ccc(Oc2ccc(C(F)(F)F)cn2)cc1CC1CCN(C#N)C1. The zero-order valence-corrected chi connectivity index (χ0v) is 16.8. The van der Waals surface area contributed by atoms with E-state index >= 15 is 0 Å². The Morgan fingerprint density at radius 1 is 1.33 bits per heavy atom. The molecule has 1 unspecified atom stereocenters. The summed E-state index contributed by atoms with van der Waals surface area (Å²) in [5.74, 6) is 0.298. The summed E-state index contributed by atoms with van der Waals surface area (Å²) in [4.78, 5) is 5.37. The third kappa shape index (κ3) is 5.01. The van der Waals surface area contributed by atoms with E-state index < -0.39 is 21.8 Å². The molecule has 1 aliphatic heterocycles. The topological polar surface area (TPSA) is 95.3 Å². The number of ether oxygens (including phenoxy) is 1. The van der Waals surface area contributed by atoms with Gasteiger partial charge in [0.15, 0.2) is 6.19 Å². The van der Waals surface area contributed by atoms with Crippen molar-refractivity contribution in [3.8, 4) is 17.8 Å². The predicted octanol–water partition coefficient (Wildman–Crippen LogP) is 3.15. The van der Waals surface area contributed by atoms with Gasteiger partial charge in [0.05, 0.1) is 10.5 Å². The molecule has 11 heteroatoms. The van der Waals surface area contributed by atoms with Crippen molar-refractivity contribution in [1.82, 2.24) is 14.6 Å². The summed E-state index contributed by atoms with van der Waals surface area (Å²) in [5.41, 5.74) is -0.396. The van der Waals surface area contributed by atoms with Gasteiger partial charge in [-0.15, -0.1) is 0 Å². The number of sulfonamides is 1. The van der Waals surface area contributed by atoms with Crippen LogP contribution in [0, 0.1) is 17.4 Å². The second-order valence-corrected chi connectivity index (χ2v) is 8.72. The second kappa shape index (κ2) is 8.49. The second-order valence-electron chi connectivity index (χ2n) is 6.87. The van der Waals surface area contributed by atoms with E-state index in [1.54, 1.807) is 11.0 Å². The first-order chi connectivity index (χ1) is 14.1. The number of halogens is 3. The zero-order chi connectivity index (χ0) is 21.9. The highest BCUT2D eigenvalue weighted by molar-refractivity contribution is 7.89. The number of rotatable bonds is 6. The first-order valence-electron chi connectivity index (χ1n) is 9.04. The van der Waals surface area contributed by atoms with Crippen LogP contribution in [0.3, 0.4) is 0 Å². The minimum Gasteiger partial charge on any atom is -0.439 e. The minimum atomic E-state index is -4.50. The van der Waals surface area contributed by atoms with Gasteiger partial charge in [0.2, 0.25) is 15.9 Å². The molecule has 1 fully saturated rings. The summed E-state index contributed by atoms with van der Waals surface area (Å²) in [6.45, 7) is 1.14. The van der Waals surface area contributed by atoms with E-state index in [9.17, 15) is 21.6 Å². The van der Waals surface area contributed by atoms with E-state index in [2.05, 4.69) is 15.9 Å². The number of hydrogen-bond donors (Lipinski definition) is 1. The average molecular weight is 440 g/mol. The minimum absolute atomic E-state index is 0.0466. The highest BCUT2D eigenvalue weighted by atomic mass is 32.2. The van der Waals surface area contributed by atoms with Gasteiger partial charge in [-0.1, -0.05) is 0 Å². The van der Waals surface area contributed by atoms with Gasteiger partial charge in [-0.05, 0) is 55.6 Å². The van der Waals surface area contributed by atoms with E-state index in [0.717, 1.165) is 18.6 Å². The van der Waals surface area contributed by atoms with Crippen molar-refractivity contribution in [3.05, 3.63) is 47.7 Å². The van der Waals surface area contributed by atoms with Crippen LogP contribution in [0.15, 0.2) is 41.4 Å². The van der Waals surface area contributed by atoms with E-state index in [1.165, 1.54) is 19.2 Å².